The molecule has 0 saturated heterocycles. The van der Waals surface area contributed by atoms with Crippen molar-refractivity contribution in [3.63, 3.8) is 0 Å². The molecule has 0 spiro atoms. The number of carbonyl (C=O) groups is 1. The van der Waals surface area contributed by atoms with Crippen LogP contribution >= 0.6 is 0 Å². The number of methoxy groups -OCH3 is 1. The lowest BCUT2D eigenvalue weighted by Crippen LogP contribution is -2.18. The van der Waals surface area contributed by atoms with Crippen LogP contribution in [0.5, 0.6) is 5.75 Å². The Morgan fingerprint density at radius 2 is 2.10 bits per heavy atom. The zero-order valence-electron chi connectivity index (χ0n) is 13.1. The Morgan fingerprint density at radius 1 is 1.38 bits per heavy atom. The van der Waals surface area contributed by atoms with E-state index in [2.05, 4.69) is 5.92 Å². The number of esters is 1. The van der Waals surface area contributed by atoms with Crippen molar-refractivity contribution in [1.82, 2.24) is 0 Å². The van der Waals surface area contributed by atoms with Gasteiger partial charge in [0.25, 0.3) is 0 Å². The molecule has 3 heteroatoms. The predicted octanol–water partition coefficient (Wildman–Crippen LogP) is 3.92. The van der Waals surface area contributed by atoms with Crippen LogP contribution in [-0.4, -0.2) is 19.2 Å². The maximum atomic E-state index is 12.0. The SMILES string of the molecule is C#CCC[C@@H](CC)OC(=O)C[C@@H](C)c1ccccc1OC. The molecule has 0 aliphatic rings. The van der Waals surface area contributed by atoms with Gasteiger partial charge in [0.1, 0.15) is 11.9 Å². The number of ether oxygens (including phenoxy) is 2. The second-order valence-electron chi connectivity index (χ2n) is 5.11. The van der Waals surface area contributed by atoms with Gasteiger partial charge in [-0.1, -0.05) is 32.0 Å². The molecule has 0 N–H and O–H groups in total. The van der Waals surface area contributed by atoms with Crippen molar-refractivity contribution < 1.29 is 14.3 Å². The van der Waals surface area contributed by atoms with Crippen molar-refractivity contribution in [2.45, 2.75) is 51.6 Å². The number of benzene rings is 1. The number of para-hydroxylation sites is 1. The molecule has 0 aliphatic heterocycles. The summed E-state index contributed by atoms with van der Waals surface area (Å²) in [7, 11) is 1.64. The van der Waals surface area contributed by atoms with Crippen molar-refractivity contribution in [1.29, 1.82) is 0 Å². The summed E-state index contributed by atoms with van der Waals surface area (Å²) >= 11 is 0. The van der Waals surface area contributed by atoms with Gasteiger partial charge in [0.2, 0.25) is 0 Å². The number of hydrogen-bond acceptors (Lipinski definition) is 3. The first-order valence-electron chi connectivity index (χ1n) is 7.38. The van der Waals surface area contributed by atoms with Crippen molar-refractivity contribution in [3.8, 4) is 18.1 Å². The third-order valence-corrected chi connectivity index (χ3v) is 3.51. The van der Waals surface area contributed by atoms with Crippen molar-refractivity contribution in [2.24, 2.45) is 0 Å². The zero-order valence-corrected chi connectivity index (χ0v) is 13.1. The van der Waals surface area contributed by atoms with Gasteiger partial charge in [-0.05, 0) is 30.4 Å². The molecule has 0 saturated carbocycles. The number of carbonyl (C=O) groups excluding carboxylic acids is 1. The summed E-state index contributed by atoms with van der Waals surface area (Å²) < 4.78 is 10.8. The van der Waals surface area contributed by atoms with Crippen LogP contribution in [0.15, 0.2) is 24.3 Å². The molecule has 0 aliphatic carbocycles. The standard InChI is InChI=1S/C18H24O3/c1-5-7-10-15(6-2)21-18(19)13-14(3)16-11-8-9-12-17(16)20-4/h1,8-9,11-12,14-15H,6-7,10,13H2,2-4H3/t14-,15-/m1/s1. The van der Waals surface area contributed by atoms with E-state index in [0.29, 0.717) is 12.8 Å². The fourth-order valence-electron chi connectivity index (χ4n) is 2.26. The van der Waals surface area contributed by atoms with Gasteiger partial charge in [-0.3, -0.25) is 4.79 Å². The van der Waals surface area contributed by atoms with E-state index in [1.165, 1.54) is 0 Å². The second kappa shape index (κ2) is 9.07. The molecule has 0 unspecified atom stereocenters. The highest BCUT2D eigenvalue weighted by Gasteiger charge is 2.18. The van der Waals surface area contributed by atoms with E-state index >= 15 is 0 Å². The van der Waals surface area contributed by atoms with Crippen LogP contribution < -0.4 is 4.74 Å². The molecule has 1 rings (SSSR count). The maximum absolute atomic E-state index is 12.0. The highest BCUT2D eigenvalue weighted by atomic mass is 16.5. The minimum absolute atomic E-state index is 0.0544. The molecular formula is C18H24O3. The Balaban J connectivity index is 2.59. The molecule has 0 amide bonds. The van der Waals surface area contributed by atoms with Gasteiger partial charge in [-0.2, -0.15) is 0 Å². The van der Waals surface area contributed by atoms with Gasteiger partial charge in [0, 0.05) is 6.42 Å². The maximum Gasteiger partial charge on any atom is 0.306 e. The van der Waals surface area contributed by atoms with E-state index in [1.807, 2.05) is 38.1 Å². The third kappa shape index (κ3) is 5.51. The Morgan fingerprint density at radius 3 is 2.71 bits per heavy atom. The van der Waals surface area contributed by atoms with E-state index in [-0.39, 0.29) is 18.0 Å². The van der Waals surface area contributed by atoms with Crippen LogP contribution in [-0.2, 0) is 9.53 Å². The molecule has 0 radical (unpaired) electrons. The molecule has 1 aromatic rings. The van der Waals surface area contributed by atoms with Gasteiger partial charge >= 0.3 is 5.97 Å². The van der Waals surface area contributed by atoms with Crippen LogP contribution in [0.25, 0.3) is 0 Å². The fourth-order valence-corrected chi connectivity index (χ4v) is 2.26. The predicted molar refractivity (Wildman–Crippen MR) is 84.3 cm³/mol. The van der Waals surface area contributed by atoms with Crippen molar-refractivity contribution in [2.75, 3.05) is 7.11 Å². The lowest BCUT2D eigenvalue weighted by Gasteiger charge is -2.18. The zero-order chi connectivity index (χ0) is 15.7. The third-order valence-electron chi connectivity index (χ3n) is 3.51. The fraction of sp³-hybridized carbons (Fsp3) is 0.500. The summed E-state index contributed by atoms with van der Waals surface area (Å²) in [6.07, 6.45) is 7.65. The summed E-state index contributed by atoms with van der Waals surface area (Å²) in [5.74, 6) is 3.25. The minimum atomic E-state index is -0.183. The lowest BCUT2D eigenvalue weighted by molar-refractivity contribution is -0.149. The van der Waals surface area contributed by atoms with Gasteiger partial charge in [0.15, 0.2) is 0 Å². The van der Waals surface area contributed by atoms with Crippen molar-refractivity contribution >= 4 is 5.97 Å². The number of rotatable bonds is 8. The summed E-state index contributed by atoms with van der Waals surface area (Å²) in [6, 6.07) is 7.74. The largest absolute Gasteiger partial charge is 0.496 e. The number of hydrogen-bond donors (Lipinski definition) is 0. The molecule has 21 heavy (non-hydrogen) atoms. The molecule has 0 bridgehead atoms. The topological polar surface area (TPSA) is 35.5 Å². The molecule has 0 aromatic heterocycles. The van der Waals surface area contributed by atoms with E-state index in [1.54, 1.807) is 7.11 Å². The molecule has 3 nitrogen and oxygen atoms in total. The first kappa shape index (κ1) is 17.1. The molecule has 0 heterocycles. The average molecular weight is 288 g/mol. The quantitative estimate of drug-likeness (QED) is 0.537. The molecule has 1 aromatic carbocycles. The van der Waals surface area contributed by atoms with Crippen LogP contribution in [0.2, 0.25) is 0 Å². The average Bonchev–Trinajstić information content (AvgIpc) is 2.51. The molecule has 114 valence electrons. The first-order chi connectivity index (χ1) is 10.1. The smallest absolute Gasteiger partial charge is 0.306 e. The van der Waals surface area contributed by atoms with Crippen molar-refractivity contribution in [3.05, 3.63) is 29.8 Å². The molecule has 0 fully saturated rings. The van der Waals surface area contributed by atoms with E-state index < -0.39 is 0 Å². The van der Waals surface area contributed by atoms with Gasteiger partial charge in [-0.15, -0.1) is 12.3 Å². The second-order valence-corrected chi connectivity index (χ2v) is 5.11. The number of terminal acetylenes is 1. The van der Waals surface area contributed by atoms with E-state index in [0.717, 1.165) is 24.2 Å². The Labute approximate surface area is 127 Å². The van der Waals surface area contributed by atoms with Gasteiger partial charge in [0.05, 0.1) is 13.5 Å². The minimum Gasteiger partial charge on any atom is -0.496 e. The van der Waals surface area contributed by atoms with E-state index in [9.17, 15) is 4.79 Å². The van der Waals surface area contributed by atoms with Crippen LogP contribution in [0.4, 0.5) is 0 Å². The summed E-state index contributed by atoms with van der Waals surface area (Å²) in [6.45, 7) is 4.00. The van der Waals surface area contributed by atoms with Gasteiger partial charge in [-0.25, -0.2) is 0 Å². The van der Waals surface area contributed by atoms with Crippen LogP contribution in [0.3, 0.4) is 0 Å². The Bertz CT molecular complexity index is 487. The van der Waals surface area contributed by atoms with Crippen LogP contribution in [0, 0.1) is 12.3 Å². The highest BCUT2D eigenvalue weighted by Crippen LogP contribution is 2.28. The Kier molecular flexibility index (Phi) is 7.39. The molecular weight excluding hydrogens is 264 g/mol. The first-order valence-corrected chi connectivity index (χ1v) is 7.38. The normalized spacial score (nSPS) is 13.0. The van der Waals surface area contributed by atoms with Gasteiger partial charge < -0.3 is 9.47 Å². The molecule has 2 atom stereocenters. The van der Waals surface area contributed by atoms with Crippen LogP contribution in [0.1, 0.15) is 51.0 Å². The summed E-state index contributed by atoms with van der Waals surface area (Å²) in [5.41, 5.74) is 1.02. The summed E-state index contributed by atoms with van der Waals surface area (Å²) in [5, 5.41) is 0. The highest BCUT2D eigenvalue weighted by molar-refractivity contribution is 5.71. The summed E-state index contributed by atoms with van der Waals surface area (Å²) in [4.78, 5) is 12.0. The monoisotopic (exact) mass is 288 g/mol. The Hall–Kier alpha value is -1.95. The van der Waals surface area contributed by atoms with E-state index in [4.69, 9.17) is 15.9 Å². The lowest BCUT2D eigenvalue weighted by atomic mass is 9.97.